The fraction of sp³-hybridized carbons (Fsp3) is 0.375. The Kier molecular flexibility index (Phi) is 2.50. The van der Waals surface area contributed by atoms with Gasteiger partial charge in [-0.2, -0.15) is 5.26 Å². The number of benzene rings is 1. The Morgan fingerprint density at radius 1 is 1.37 bits per heavy atom. The molecule has 0 saturated heterocycles. The molecule has 0 N–H and O–H groups in total. The lowest BCUT2D eigenvalue weighted by atomic mass is 9.64. The molecule has 3 heteroatoms. The topological polar surface area (TPSA) is 45.4 Å². The minimum absolute atomic E-state index is 0.371. The van der Waals surface area contributed by atoms with E-state index in [1.807, 2.05) is 25.1 Å². The first-order chi connectivity index (χ1) is 9.16. The molecule has 0 radical (unpaired) electrons. The largest absolute Gasteiger partial charge is 0.384 e. The molecular weight excluding hydrogens is 236 g/mol. The summed E-state index contributed by atoms with van der Waals surface area (Å²) in [7, 11) is 0. The van der Waals surface area contributed by atoms with Crippen LogP contribution < -0.4 is 0 Å². The first-order valence-corrected chi connectivity index (χ1v) is 6.52. The Bertz CT molecular complexity index is 613. The molecule has 3 nitrogen and oxygen atoms in total. The fourth-order valence-electron chi connectivity index (χ4n) is 3.23. The summed E-state index contributed by atoms with van der Waals surface area (Å²) < 4.78 is 0. The summed E-state index contributed by atoms with van der Waals surface area (Å²) in [5.74, 6) is 0. The summed E-state index contributed by atoms with van der Waals surface area (Å²) in [6.07, 6.45) is 4.10. The van der Waals surface area contributed by atoms with E-state index in [9.17, 15) is 5.26 Å². The number of oxime groups is 1. The van der Waals surface area contributed by atoms with E-state index in [0.29, 0.717) is 0 Å². The van der Waals surface area contributed by atoms with Crippen LogP contribution in [0.3, 0.4) is 0 Å². The second kappa shape index (κ2) is 3.96. The van der Waals surface area contributed by atoms with Gasteiger partial charge < -0.3 is 4.84 Å². The molecule has 19 heavy (non-hydrogen) atoms. The summed E-state index contributed by atoms with van der Waals surface area (Å²) in [5.41, 5.74) is 2.15. The fourth-order valence-corrected chi connectivity index (χ4v) is 3.23. The zero-order valence-electron chi connectivity index (χ0n) is 11.0. The molecule has 0 amide bonds. The van der Waals surface area contributed by atoms with Crippen LogP contribution in [0.15, 0.2) is 42.1 Å². The van der Waals surface area contributed by atoms with E-state index in [1.165, 1.54) is 0 Å². The predicted octanol–water partition coefficient (Wildman–Crippen LogP) is 3.42. The Hall–Kier alpha value is -2.08. The second-order valence-electron chi connectivity index (χ2n) is 5.42. The minimum atomic E-state index is -0.596. The molecule has 0 aromatic heterocycles. The normalized spacial score (nSPS) is 32.1. The van der Waals surface area contributed by atoms with Crippen molar-refractivity contribution < 1.29 is 4.84 Å². The summed E-state index contributed by atoms with van der Waals surface area (Å²) in [6.45, 7) is 5.85. The monoisotopic (exact) mass is 252 g/mol. The van der Waals surface area contributed by atoms with E-state index in [-0.39, 0.29) is 5.60 Å². The lowest BCUT2D eigenvalue weighted by molar-refractivity contribution is -0.0400. The van der Waals surface area contributed by atoms with Crippen molar-refractivity contribution in [2.24, 2.45) is 5.16 Å². The maximum atomic E-state index is 9.58. The molecule has 2 aliphatic rings. The quantitative estimate of drug-likeness (QED) is 0.719. The van der Waals surface area contributed by atoms with Crippen LogP contribution >= 0.6 is 0 Å². The molecule has 1 aliphatic carbocycles. The Morgan fingerprint density at radius 3 is 2.68 bits per heavy atom. The Morgan fingerprint density at radius 2 is 2.11 bits per heavy atom. The van der Waals surface area contributed by atoms with Crippen molar-refractivity contribution in [3.8, 4) is 6.07 Å². The third kappa shape index (κ3) is 1.53. The highest BCUT2D eigenvalue weighted by atomic mass is 16.7. The average molecular weight is 252 g/mol. The SMILES string of the molecule is C=CC1(C#N)CCC2(CC(C)=NO2)c2ccccc21. The first kappa shape index (κ1) is 12.0. The maximum Gasteiger partial charge on any atom is 0.168 e. The van der Waals surface area contributed by atoms with Gasteiger partial charge in [-0.25, -0.2) is 0 Å². The molecule has 1 heterocycles. The number of nitriles is 1. The number of hydrogen-bond donors (Lipinski definition) is 0. The molecule has 1 aliphatic heterocycles. The van der Waals surface area contributed by atoms with Crippen molar-refractivity contribution in [3.63, 3.8) is 0 Å². The number of rotatable bonds is 1. The van der Waals surface area contributed by atoms with Gasteiger partial charge in [-0.05, 0) is 25.3 Å². The van der Waals surface area contributed by atoms with Gasteiger partial charge in [-0.1, -0.05) is 35.5 Å². The molecule has 0 saturated carbocycles. The van der Waals surface area contributed by atoms with Crippen LogP contribution in [0.2, 0.25) is 0 Å². The molecule has 0 bridgehead atoms. The summed E-state index contributed by atoms with van der Waals surface area (Å²) >= 11 is 0. The van der Waals surface area contributed by atoms with Crippen molar-refractivity contribution in [2.45, 2.75) is 37.2 Å². The van der Waals surface area contributed by atoms with Crippen molar-refractivity contribution >= 4 is 5.71 Å². The van der Waals surface area contributed by atoms with E-state index in [1.54, 1.807) is 6.08 Å². The van der Waals surface area contributed by atoms with Gasteiger partial charge in [0.15, 0.2) is 5.60 Å². The smallest absolute Gasteiger partial charge is 0.168 e. The van der Waals surface area contributed by atoms with Gasteiger partial charge in [0.1, 0.15) is 5.41 Å². The molecule has 2 unspecified atom stereocenters. The lowest BCUT2D eigenvalue weighted by Gasteiger charge is -2.40. The van der Waals surface area contributed by atoms with Gasteiger partial charge in [-0.15, -0.1) is 6.58 Å². The summed E-state index contributed by atoms with van der Waals surface area (Å²) in [4.78, 5) is 5.75. The van der Waals surface area contributed by atoms with Crippen molar-refractivity contribution in [1.29, 1.82) is 5.26 Å². The van der Waals surface area contributed by atoms with E-state index in [0.717, 1.165) is 36.1 Å². The maximum absolute atomic E-state index is 9.58. The highest BCUT2D eigenvalue weighted by molar-refractivity contribution is 5.84. The zero-order chi connectivity index (χ0) is 13.5. The number of allylic oxidation sites excluding steroid dienone is 1. The van der Waals surface area contributed by atoms with Crippen molar-refractivity contribution in [1.82, 2.24) is 0 Å². The van der Waals surface area contributed by atoms with Crippen molar-refractivity contribution in [2.75, 3.05) is 0 Å². The first-order valence-electron chi connectivity index (χ1n) is 6.52. The molecule has 1 aromatic carbocycles. The lowest BCUT2D eigenvalue weighted by Crippen LogP contribution is -2.39. The van der Waals surface area contributed by atoms with Crippen LogP contribution in [0, 0.1) is 11.3 Å². The third-order valence-electron chi connectivity index (χ3n) is 4.29. The van der Waals surface area contributed by atoms with Gasteiger partial charge in [0, 0.05) is 12.0 Å². The average Bonchev–Trinajstić information content (AvgIpc) is 2.83. The Labute approximate surface area is 113 Å². The molecule has 0 fully saturated rings. The van der Waals surface area contributed by atoms with Crippen LogP contribution in [-0.4, -0.2) is 5.71 Å². The van der Waals surface area contributed by atoms with Crippen LogP contribution in [0.5, 0.6) is 0 Å². The van der Waals surface area contributed by atoms with E-state index in [4.69, 9.17) is 4.84 Å². The number of hydrogen-bond acceptors (Lipinski definition) is 3. The molecular formula is C16H16N2O. The zero-order valence-corrected chi connectivity index (χ0v) is 11.0. The number of nitrogens with zero attached hydrogens (tertiary/aromatic N) is 2. The predicted molar refractivity (Wildman–Crippen MR) is 73.7 cm³/mol. The standard InChI is InChI=1S/C16H16N2O/c1-3-15(11-17)8-9-16(10-12(2)18-19-16)14-7-5-4-6-13(14)15/h3-7H,1,8-10H2,2H3. The third-order valence-corrected chi connectivity index (χ3v) is 4.29. The van der Waals surface area contributed by atoms with Gasteiger partial charge >= 0.3 is 0 Å². The van der Waals surface area contributed by atoms with Gasteiger partial charge in [-0.3, -0.25) is 0 Å². The van der Waals surface area contributed by atoms with Crippen LogP contribution in [0.1, 0.15) is 37.3 Å². The molecule has 2 atom stereocenters. The Balaban J connectivity index is 2.18. The van der Waals surface area contributed by atoms with Crippen LogP contribution in [0.4, 0.5) is 0 Å². The van der Waals surface area contributed by atoms with Gasteiger partial charge in [0.05, 0.1) is 11.8 Å². The molecule has 1 spiro atoms. The van der Waals surface area contributed by atoms with E-state index < -0.39 is 5.41 Å². The van der Waals surface area contributed by atoms with Crippen LogP contribution in [0.25, 0.3) is 0 Å². The molecule has 96 valence electrons. The summed E-state index contributed by atoms with van der Waals surface area (Å²) in [5, 5.41) is 13.7. The highest BCUT2D eigenvalue weighted by Crippen LogP contribution is 2.50. The molecule has 1 aromatic rings. The number of fused-ring (bicyclic) bond motifs is 2. The second-order valence-corrected chi connectivity index (χ2v) is 5.42. The minimum Gasteiger partial charge on any atom is -0.384 e. The van der Waals surface area contributed by atoms with Gasteiger partial charge in [0.25, 0.3) is 0 Å². The molecule has 3 rings (SSSR count). The van der Waals surface area contributed by atoms with E-state index >= 15 is 0 Å². The van der Waals surface area contributed by atoms with Gasteiger partial charge in [0.2, 0.25) is 0 Å². The van der Waals surface area contributed by atoms with E-state index in [2.05, 4.69) is 23.9 Å². The summed E-state index contributed by atoms with van der Waals surface area (Å²) in [6, 6.07) is 10.5. The highest BCUT2D eigenvalue weighted by Gasteiger charge is 2.49. The van der Waals surface area contributed by atoms with Crippen LogP contribution in [-0.2, 0) is 15.9 Å². The van der Waals surface area contributed by atoms with Crippen molar-refractivity contribution in [3.05, 3.63) is 48.0 Å².